The number of rotatable bonds is 3. The molecule has 3 N–H and O–H groups in total. The van der Waals surface area contributed by atoms with Gasteiger partial charge in [0.2, 0.25) is 5.91 Å². The van der Waals surface area contributed by atoms with Crippen molar-refractivity contribution in [3.05, 3.63) is 0 Å². The Morgan fingerprint density at radius 2 is 2.07 bits per heavy atom. The van der Waals surface area contributed by atoms with E-state index in [9.17, 15) is 4.79 Å². The number of amides is 1. The first kappa shape index (κ1) is 10.8. The second-order valence-electron chi connectivity index (χ2n) is 4.08. The predicted octanol–water partition coefficient (Wildman–Crippen LogP) is 0.380. The van der Waals surface area contributed by atoms with Crippen LogP contribution in [0.15, 0.2) is 5.16 Å². The van der Waals surface area contributed by atoms with Crippen molar-refractivity contribution in [3.8, 4) is 0 Å². The van der Waals surface area contributed by atoms with E-state index in [1.54, 1.807) is 11.9 Å². The summed E-state index contributed by atoms with van der Waals surface area (Å²) in [4.78, 5) is 13.6. The molecular formula is C9H17N3O2. The molecule has 1 rings (SSSR count). The average molecular weight is 199 g/mol. The maximum absolute atomic E-state index is 11.9. The van der Waals surface area contributed by atoms with E-state index in [0.717, 1.165) is 0 Å². The zero-order chi connectivity index (χ0) is 10.9. The third-order valence-electron chi connectivity index (χ3n) is 2.85. The van der Waals surface area contributed by atoms with Gasteiger partial charge < -0.3 is 15.8 Å². The molecule has 1 aliphatic carbocycles. The van der Waals surface area contributed by atoms with E-state index >= 15 is 0 Å². The molecule has 0 radical (unpaired) electrons. The average Bonchev–Trinajstić information content (AvgIpc) is 2.95. The monoisotopic (exact) mass is 199 g/mol. The fraction of sp³-hybridized carbons (Fsp3) is 0.778. The van der Waals surface area contributed by atoms with Gasteiger partial charge in [0.1, 0.15) is 5.41 Å². The molecule has 5 heteroatoms. The van der Waals surface area contributed by atoms with E-state index in [2.05, 4.69) is 5.16 Å². The molecule has 1 fully saturated rings. The van der Waals surface area contributed by atoms with Gasteiger partial charge in [-0.2, -0.15) is 0 Å². The maximum Gasteiger partial charge on any atom is 0.236 e. The van der Waals surface area contributed by atoms with Crippen LogP contribution in [0, 0.1) is 5.41 Å². The smallest absolute Gasteiger partial charge is 0.236 e. The van der Waals surface area contributed by atoms with Crippen molar-refractivity contribution in [3.63, 3.8) is 0 Å². The van der Waals surface area contributed by atoms with Gasteiger partial charge in [0.25, 0.3) is 0 Å². The van der Waals surface area contributed by atoms with Crippen LogP contribution < -0.4 is 5.73 Å². The molecule has 14 heavy (non-hydrogen) atoms. The second kappa shape index (κ2) is 3.48. The minimum atomic E-state index is -0.715. The second-order valence-corrected chi connectivity index (χ2v) is 4.08. The highest BCUT2D eigenvalue weighted by molar-refractivity contribution is 6.09. The molecular weight excluding hydrogens is 182 g/mol. The molecule has 0 spiro atoms. The lowest BCUT2D eigenvalue weighted by Gasteiger charge is -2.26. The van der Waals surface area contributed by atoms with Crippen molar-refractivity contribution in [2.75, 3.05) is 7.05 Å². The molecule has 1 amide bonds. The van der Waals surface area contributed by atoms with E-state index in [0.29, 0.717) is 12.8 Å². The minimum Gasteiger partial charge on any atom is -0.409 e. The number of nitrogens with zero attached hydrogens (tertiary/aromatic N) is 2. The van der Waals surface area contributed by atoms with E-state index in [1.165, 1.54) is 0 Å². The highest BCUT2D eigenvalue weighted by Gasteiger charge is 2.55. The summed E-state index contributed by atoms with van der Waals surface area (Å²) in [5, 5.41) is 11.5. The first-order chi connectivity index (χ1) is 6.45. The number of nitrogens with two attached hydrogens (primary N) is 1. The van der Waals surface area contributed by atoms with Crippen LogP contribution in [0.4, 0.5) is 0 Å². The Kier molecular flexibility index (Phi) is 2.69. The topological polar surface area (TPSA) is 78.9 Å². The molecule has 0 bridgehead atoms. The molecule has 80 valence electrons. The molecule has 1 saturated carbocycles. The summed E-state index contributed by atoms with van der Waals surface area (Å²) in [6.07, 6.45) is 1.36. The van der Waals surface area contributed by atoms with Crippen LogP contribution in [0.1, 0.15) is 26.7 Å². The lowest BCUT2D eigenvalue weighted by molar-refractivity contribution is -0.134. The number of carbonyl (C=O) groups excluding carboxylic acids is 1. The zero-order valence-electron chi connectivity index (χ0n) is 8.82. The van der Waals surface area contributed by atoms with Crippen molar-refractivity contribution < 1.29 is 10.0 Å². The van der Waals surface area contributed by atoms with Gasteiger partial charge in [-0.15, -0.1) is 0 Å². The van der Waals surface area contributed by atoms with E-state index in [-0.39, 0.29) is 17.8 Å². The van der Waals surface area contributed by atoms with Crippen LogP contribution in [-0.4, -0.2) is 34.9 Å². The summed E-state index contributed by atoms with van der Waals surface area (Å²) in [5.41, 5.74) is 4.79. The van der Waals surface area contributed by atoms with Crippen molar-refractivity contribution in [1.82, 2.24) is 4.90 Å². The summed E-state index contributed by atoms with van der Waals surface area (Å²) in [7, 11) is 1.73. The van der Waals surface area contributed by atoms with Crippen LogP contribution in [0.3, 0.4) is 0 Å². The quantitative estimate of drug-likeness (QED) is 0.298. The van der Waals surface area contributed by atoms with Crippen molar-refractivity contribution in [1.29, 1.82) is 0 Å². The summed E-state index contributed by atoms with van der Waals surface area (Å²) in [6, 6.07) is 0.131. The Morgan fingerprint density at radius 3 is 2.36 bits per heavy atom. The van der Waals surface area contributed by atoms with E-state index in [4.69, 9.17) is 10.9 Å². The van der Waals surface area contributed by atoms with Crippen LogP contribution in [0.5, 0.6) is 0 Å². The molecule has 0 unspecified atom stereocenters. The first-order valence-corrected chi connectivity index (χ1v) is 4.71. The fourth-order valence-corrected chi connectivity index (χ4v) is 1.37. The van der Waals surface area contributed by atoms with Crippen LogP contribution in [0.25, 0.3) is 0 Å². The molecule has 1 aliphatic rings. The van der Waals surface area contributed by atoms with Gasteiger partial charge in [-0.3, -0.25) is 4.79 Å². The van der Waals surface area contributed by atoms with E-state index in [1.807, 2.05) is 13.8 Å². The number of amidine groups is 1. The van der Waals surface area contributed by atoms with Crippen LogP contribution in [-0.2, 0) is 4.79 Å². The Hall–Kier alpha value is -1.26. The fourth-order valence-electron chi connectivity index (χ4n) is 1.37. The summed E-state index contributed by atoms with van der Waals surface area (Å²) < 4.78 is 0. The molecule has 0 aromatic rings. The highest BCUT2D eigenvalue weighted by atomic mass is 16.4. The number of oxime groups is 1. The van der Waals surface area contributed by atoms with Gasteiger partial charge in [0, 0.05) is 13.1 Å². The van der Waals surface area contributed by atoms with Gasteiger partial charge in [0.05, 0.1) is 0 Å². The SMILES string of the molecule is CC(C)N(C)C(=O)C1(C(N)=NO)CC1. The van der Waals surface area contributed by atoms with Crippen molar-refractivity contribution in [2.24, 2.45) is 16.3 Å². The number of hydrogen-bond donors (Lipinski definition) is 2. The minimum absolute atomic E-state index is 0.0370. The molecule has 5 nitrogen and oxygen atoms in total. The summed E-state index contributed by atoms with van der Waals surface area (Å²) in [5.74, 6) is -0.0159. The Bertz CT molecular complexity index is 269. The third-order valence-corrected chi connectivity index (χ3v) is 2.85. The normalized spacial score (nSPS) is 19.6. The first-order valence-electron chi connectivity index (χ1n) is 4.71. The van der Waals surface area contributed by atoms with Crippen molar-refractivity contribution >= 4 is 11.7 Å². The largest absolute Gasteiger partial charge is 0.409 e. The van der Waals surface area contributed by atoms with Gasteiger partial charge in [-0.1, -0.05) is 5.16 Å². The predicted molar refractivity (Wildman–Crippen MR) is 53.0 cm³/mol. The van der Waals surface area contributed by atoms with Gasteiger partial charge in [-0.05, 0) is 26.7 Å². The molecule has 0 aromatic carbocycles. The highest BCUT2D eigenvalue weighted by Crippen LogP contribution is 2.47. The molecule has 0 aliphatic heterocycles. The van der Waals surface area contributed by atoms with Gasteiger partial charge >= 0.3 is 0 Å². The molecule has 0 aromatic heterocycles. The lowest BCUT2D eigenvalue weighted by atomic mass is 10.0. The molecule has 0 heterocycles. The molecule has 0 atom stereocenters. The maximum atomic E-state index is 11.9. The Morgan fingerprint density at radius 1 is 1.57 bits per heavy atom. The summed E-state index contributed by atoms with van der Waals surface area (Å²) in [6.45, 7) is 3.86. The standard InChI is InChI=1S/C9H17N3O2/c1-6(2)12(3)8(13)9(4-5-9)7(10)11-14/h6,14H,4-5H2,1-3H3,(H2,10,11). The van der Waals surface area contributed by atoms with Crippen LogP contribution in [0.2, 0.25) is 0 Å². The number of carbonyl (C=O) groups is 1. The number of hydrogen-bond acceptors (Lipinski definition) is 3. The van der Waals surface area contributed by atoms with Gasteiger partial charge in [-0.25, -0.2) is 0 Å². The Labute approximate surface area is 83.6 Å². The molecule has 0 saturated heterocycles. The third kappa shape index (κ3) is 1.54. The van der Waals surface area contributed by atoms with Crippen molar-refractivity contribution in [2.45, 2.75) is 32.7 Å². The lowest BCUT2D eigenvalue weighted by Crippen LogP contribution is -2.44. The Balaban J connectivity index is 2.80. The van der Waals surface area contributed by atoms with E-state index < -0.39 is 5.41 Å². The summed E-state index contributed by atoms with van der Waals surface area (Å²) >= 11 is 0. The van der Waals surface area contributed by atoms with Crippen LogP contribution >= 0.6 is 0 Å². The zero-order valence-corrected chi connectivity index (χ0v) is 8.82. The van der Waals surface area contributed by atoms with Gasteiger partial charge in [0.15, 0.2) is 5.84 Å².